The normalized spacial score (nSPS) is 12.5. The molecule has 0 saturated carbocycles. The Hall–Kier alpha value is -3.79. The average molecular weight is 519 g/mol. The van der Waals surface area contributed by atoms with Gasteiger partial charge in [-0.3, -0.25) is 9.59 Å². The number of benzene rings is 3. The van der Waals surface area contributed by atoms with Gasteiger partial charge < -0.3 is 14.8 Å². The molecular weight excluding hydrogens is 488 g/mol. The van der Waals surface area contributed by atoms with Crippen molar-refractivity contribution in [2.24, 2.45) is 0 Å². The van der Waals surface area contributed by atoms with Gasteiger partial charge in [-0.15, -0.1) is 0 Å². The van der Waals surface area contributed by atoms with E-state index in [9.17, 15) is 18.0 Å². The van der Waals surface area contributed by atoms with Gasteiger partial charge in [0.1, 0.15) is 6.04 Å². The number of nitrogens with zero attached hydrogens (tertiary/aromatic N) is 2. The molecule has 0 bridgehead atoms. The van der Waals surface area contributed by atoms with Gasteiger partial charge >= 0.3 is 0 Å². The van der Waals surface area contributed by atoms with Crippen molar-refractivity contribution in [1.82, 2.24) is 19.5 Å². The maximum absolute atomic E-state index is 14.0. The Bertz CT molecular complexity index is 1520. The van der Waals surface area contributed by atoms with Gasteiger partial charge in [-0.25, -0.2) is 8.42 Å². The van der Waals surface area contributed by atoms with Gasteiger partial charge in [0.05, 0.1) is 4.90 Å². The van der Waals surface area contributed by atoms with Gasteiger partial charge in [0.15, 0.2) is 0 Å². The summed E-state index contributed by atoms with van der Waals surface area (Å²) >= 11 is 0. The fraction of sp³-hybridized carbons (Fsp3) is 0.214. The molecule has 4 aromatic rings. The third kappa shape index (κ3) is 6.71. The number of sulfonamides is 1. The molecule has 192 valence electrons. The van der Waals surface area contributed by atoms with Crippen LogP contribution in [0.1, 0.15) is 17.2 Å². The van der Waals surface area contributed by atoms with Gasteiger partial charge in [0.2, 0.25) is 21.5 Å². The first-order valence-corrected chi connectivity index (χ1v) is 13.4. The zero-order chi connectivity index (χ0) is 26.4. The number of carbonyl (C=O) groups excluding carboxylic acids is 1. The van der Waals surface area contributed by atoms with Crippen LogP contribution in [0.4, 0.5) is 0 Å². The molecule has 9 heteroatoms. The number of hydrogen-bond donors (Lipinski definition) is 2. The maximum atomic E-state index is 14.0. The van der Waals surface area contributed by atoms with Crippen molar-refractivity contribution in [3.05, 3.63) is 112 Å². The highest BCUT2D eigenvalue weighted by Gasteiger charge is 2.31. The van der Waals surface area contributed by atoms with Gasteiger partial charge in [-0.2, -0.15) is 4.72 Å². The molecule has 1 unspecified atom stereocenters. The minimum absolute atomic E-state index is 0.00341. The van der Waals surface area contributed by atoms with Gasteiger partial charge in [0.25, 0.3) is 0 Å². The molecule has 0 spiro atoms. The molecular formula is C28H30N4O4S. The number of amides is 1. The zero-order valence-corrected chi connectivity index (χ0v) is 21.6. The molecule has 0 aliphatic heterocycles. The third-order valence-electron chi connectivity index (χ3n) is 6.00. The van der Waals surface area contributed by atoms with Crippen LogP contribution < -0.4 is 10.3 Å². The van der Waals surface area contributed by atoms with Crippen LogP contribution in [0.5, 0.6) is 0 Å². The molecule has 0 fully saturated rings. The molecule has 1 aromatic heterocycles. The van der Waals surface area contributed by atoms with E-state index in [-0.39, 0.29) is 16.4 Å². The van der Waals surface area contributed by atoms with Gasteiger partial charge in [-0.1, -0.05) is 60.7 Å². The third-order valence-corrected chi connectivity index (χ3v) is 7.42. The van der Waals surface area contributed by atoms with E-state index in [0.717, 1.165) is 5.56 Å². The lowest BCUT2D eigenvalue weighted by Gasteiger charge is -2.29. The van der Waals surface area contributed by atoms with Crippen LogP contribution in [0.25, 0.3) is 10.9 Å². The highest BCUT2D eigenvalue weighted by molar-refractivity contribution is 7.89. The number of aromatic nitrogens is 1. The van der Waals surface area contributed by atoms with E-state index >= 15 is 0 Å². The largest absolute Gasteiger partial charge is 0.335 e. The topological polar surface area (TPSA) is 103 Å². The number of hydrogen-bond acceptors (Lipinski definition) is 5. The SMILES string of the molecule is CN(C)CCN(Cc1ccccc1)C(=O)C(NS(=O)(=O)c1ccc2[nH]c(=O)ccc2c1)c1ccccc1. The second-order valence-electron chi connectivity index (χ2n) is 9.09. The van der Waals surface area contributed by atoms with E-state index in [0.29, 0.717) is 36.1 Å². The second kappa shape index (κ2) is 11.5. The summed E-state index contributed by atoms with van der Waals surface area (Å²) in [5.41, 5.74) is 1.75. The number of rotatable bonds is 10. The number of aromatic amines is 1. The molecule has 2 N–H and O–H groups in total. The molecule has 0 aliphatic carbocycles. The lowest BCUT2D eigenvalue weighted by atomic mass is 10.1. The van der Waals surface area contributed by atoms with E-state index in [2.05, 4.69) is 9.71 Å². The number of carbonyl (C=O) groups is 1. The molecule has 37 heavy (non-hydrogen) atoms. The smallest absolute Gasteiger partial charge is 0.248 e. The highest BCUT2D eigenvalue weighted by atomic mass is 32.2. The summed E-state index contributed by atoms with van der Waals surface area (Å²) in [6.07, 6.45) is 0. The van der Waals surface area contributed by atoms with Crippen LogP contribution in [-0.2, 0) is 21.4 Å². The summed E-state index contributed by atoms with van der Waals surface area (Å²) in [5, 5.41) is 0.571. The molecule has 1 amide bonds. The lowest BCUT2D eigenvalue weighted by molar-refractivity contribution is -0.134. The van der Waals surface area contributed by atoms with Crippen LogP contribution in [0.2, 0.25) is 0 Å². The number of nitrogens with one attached hydrogen (secondary N) is 2. The maximum Gasteiger partial charge on any atom is 0.248 e. The van der Waals surface area contributed by atoms with Crippen molar-refractivity contribution in [3.63, 3.8) is 0 Å². The number of fused-ring (bicyclic) bond motifs is 1. The Morgan fingerprint density at radius 1 is 0.892 bits per heavy atom. The first kappa shape index (κ1) is 26.3. The number of likely N-dealkylation sites (N-methyl/N-ethyl adjacent to an activating group) is 1. The quantitative estimate of drug-likeness (QED) is 0.336. The summed E-state index contributed by atoms with van der Waals surface area (Å²) < 4.78 is 29.7. The Morgan fingerprint density at radius 2 is 1.57 bits per heavy atom. The number of pyridine rings is 1. The lowest BCUT2D eigenvalue weighted by Crippen LogP contribution is -2.44. The Morgan fingerprint density at radius 3 is 2.24 bits per heavy atom. The first-order valence-electron chi connectivity index (χ1n) is 11.9. The molecule has 1 heterocycles. The average Bonchev–Trinajstić information content (AvgIpc) is 2.90. The summed E-state index contributed by atoms with van der Waals surface area (Å²) in [5.74, 6) is -0.342. The Labute approximate surface area is 216 Å². The summed E-state index contributed by atoms with van der Waals surface area (Å²) in [6.45, 7) is 1.40. The van der Waals surface area contributed by atoms with Crippen molar-refractivity contribution in [2.45, 2.75) is 17.5 Å². The second-order valence-corrected chi connectivity index (χ2v) is 10.8. The van der Waals surface area contributed by atoms with Crippen LogP contribution in [0.15, 0.2) is 101 Å². The molecule has 1 atom stereocenters. The molecule has 0 aliphatic rings. The molecule has 8 nitrogen and oxygen atoms in total. The van der Waals surface area contributed by atoms with E-state index in [1.54, 1.807) is 41.3 Å². The van der Waals surface area contributed by atoms with Crippen molar-refractivity contribution < 1.29 is 13.2 Å². The van der Waals surface area contributed by atoms with Crippen molar-refractivity contribution in [2.75, 3.05) is 27.2 Å². The molecule has 0 saturated heterocycles. The van der Waals surface area contributed by atoms with Crippen LogP contribution in [0.3, 0.4) is 0 Å². The van der Waals surface area contributed by atoms with Gasteiger partial charge in [-0.05, 0) is 54.9 Å². The summed E-state index contributed by atoms with van der Waals surface area (Å²) in [7, 11) is -0.240. The minimum atomic E-state index is -4.09. The summed E-state index contributed by atoms with van der Waals surface area (Å²) in [6, 6.07) is 24.7. The first-order chi connectivity index (χ1) is 17.7. The summed E-state index contributed by atoms with van der Waals surface area (Å²) in [4.78, 5) is 31.9. The van der Waals surface area contributed by atoms with Crippen molar-refractivity contribution in [3.8, 4) is 0 Å². The van der Waals surface area contributed by atoms with Gasteiger partial charge in [0, 0.05) is 31.2 Å². The predicted octanol–water partition coefficient (Wildman–Crippen LogP) is 3.14. The predicted molar refractivity (Wildman–Crippen MR) is 144 cm³/mol. The number of H-pyrrole nitrogens is 1. The molecule has 4 rings (SSSR count). The Kier molecular flexibility index (Phi) is 8.17. The van der Waals surface area contributed by atoms with Crippen molar-refractivity contribution >= 4 is 26.8 Å². The van der Waals surface area contributed by atoms with E-state index in [1.807, 2.05) is 55.4 Å². The molecule has 0 radical (unpaired) electrons. The highest BCUT2D eigenvalue weighted by Crippen LogP contribution is 2.23. The molecule has 3 aromatic carbocycles. The van der Waals surface area contributed by atoms with Crippen LogP contribution in [-0.4, -0.2) is 56.3 Å². The van der Waals surface area contributed by atoms with Crippen LogP contribution in [0, 0.1) is 0 Å². The monoisotopic (exact) mass is 518 g/mol. The zero-order valence-electron chi connectivity index (χ0n) is 20.8. The standard InChI is InChI=1S/C28H30N4O4S/c1-31(2)17-18-32(20-21-9-5-3-6-10-21)28(34)27(22-11-7-4-8-12-22)30-37(35,36)24-14-15-25-23(19-24)13-16-26(33)29-25/h3-16,19,27,30H,17-18,20H2,1-2H3,(H,29,33). The Balaban J connectivity index is 1.69. The van der Waals surface area contributed by atoms with E-state index in [4.69, 9.17) is 0 Å². The fourth-order valence-corrected chi connectivity index (χ4v) is 5.22. The fourth-order valence-electron chi connectivity index (χ4n) is 4.00. The van der Waals surface area contributed by atoms with Crippen LogP contribution >= 0.6 is 0 Å². The minimum Gasteiger partial charge on any atom is -0.335 e. The van der Waals surface area contributed by atoms with Crippen molar-refractivity contribution in [1.29, 1.82) is 0 Å². The van der Waals surface area contributed by atoms with E-state index < -0.39 is 16.1 Å². The van der Waals surface area contributed by atoms with E-state index in [1.165, 1.54) is 18.2 Å².